The van der Waals surface area contributed by atoms with Crippen molar-refractivity contribution in [2.24, 2.45) is 0 Å². The first-order chi connectivity index (χ1) is 5.66. The Morgan fingerprint density at radius 2 is 2.00 bits per heavy atom. The first-order valence-electron chi connectivity index (χ1n) is 3.86. The second-order valence-corrected chi connectivity index (χ2v) is 2.78. The van der Waals surface area contributed by atoms with Crippen molar-refractivity contribution in [2.45, 2.75) is 13.8 Å². The number of hydrogen-bond donors (Lipinski definition) is 1. The fourth-order valence-corrected chi connectivity index (χ4v) is 1.11. The van der Waals surface area contributed by atoms with Crippen molar-refractivity contribution in [2.75, 3.05) is 7.11 Å². The summed E-state index contributed by atoms with van der Waals surface area (Å²) in [5, 5.41) is 7.49. The topological polar surface area (TPSA) is 33.1 Å². The van der Waals surface area contributed by atoms with Crippen LogP contribution in [0.15, 0.2) is 18.2 Å². The van der Waals surface area contributed by atoms with E-state index in [1.165, 1.54) is 12.7 Å². The van der Waals surface area contributed by atoms with Gasteiger partial charge in [0.25, 0.3) is 0 Å². The Kier molecular flexibility index (Phi) is 2.48. The van der Waals surface area contributed by atoms with Gasteiger partial charge in [-0.2, -0.15) is 0 Å². The molecule has 0 aliphatic rings. The van der Waals surface area contributed by atoms with Crippen LogP contribution in [0.1, 0.15) is 16.7 Å². The maximum atomic E-state index is 7.49. The van der Waals surface area contributed by atoms with Crippen LogP contribution >= 0.6 is 0 Å². The average Bonchev–Trinajstić information content (AvgIpc) is 2.08. The third kappa shape index (κ3) is 1.47. The maximum absolute atomic E-state index is 7.49. The van der Waals surface area contributed by atoms with Crippen LogP contribution in [0.25, 0.3) is 0 Å². The van der Waals surface area contributed by atoms with Crippen LogP contribution in [0, 0.1) is 19.3 Å². The lowest BCUT2D eigenvalue weighted by atomic mass is 10.0. The molecule has 1 rings (SSSR count). The van der Waals surface area contributed by atoms with Crippen molar-refractivity contribution in [3.8, 4) is 0 Å². The van der Waals surface area contributed by atoms with Crippen LogP contribution in [0.5, 0.6) is 0 Å². The van der Waals surface area contributed by atoms with Crippen LogP contribution in [-0.2, 0) is 4.74 Å². The highest BCUT2D eigenvalue weighted by molar-refractivity contribution is 5.93. The third-order valence-corrected chi connectivity index (χ3v) is 2.05. The molecular formula is C10H13NO. The van der Waals surface area contributed by atoms with Gasteiger partial charge in [0, 0.05) is 5.56 Å². The van der Waals surface area contributed by atoms with Crippen LogP contribution in [-0.4, -0.2) is 13.0 Å². The molecule has 0 aromatic heterocycles. The number of benzene rings is 1. The van der Waals surface area contributed by atoms with E-state index in [0.29, 0.717) is 0 Å². The lowest BCUT2D eigenvalue weighted by Crippen LogP contribution is -2.04. The van der Waals surface area contributed by atoms with Gasteiger partial charge >= 0.3 is 0 Å². The van der Waals surface area contributed by atoms with Crippen molar-refractivity contribution < 1.29 is 4.74 Å². The molecule has 2 nitrogen and oxygen atoms in total. The van der Waals surface area contributed by atoms with Crippen molar-refractivity contribution >= 4 is 5.90 Å². The monoisotopic (exact) mass is 163 g/mol. The molecule has 0 fully saturated rings. The van der Waals surface area contributed by atoms with Gasteiger partial charge in [-0.15, -0.1) is 0 Å². The average molecular weight is 163 g/mol. The lowest BCUT2D eigenvalue weighted by Gasteiger charge is -2.07. The molecule has 0 unspecified atom stereocenters. The molecule has 0 spiro atoms. The van der Waals surface area contributed by atoms with Crippen LogP contribution in [0.4, 0.5) is 0 Å². The van der Waals surface area contributed by atoms with Gasteiger partial charge in [-0.3, -0.25) is 5.41 Å². The van der Waals surface area contributed by atoms with Gasteiger partial charge in [0.15, 0.2) is 0 Å². The van der Waals surface area contributed by atoms with Crippen molar-refractivity contribution in [3.63, 3.8) is 0 Å². The van der Waals surface area contributed by atoms with Crippen molar-refractivity contribution in [1.82, 2.24) is 0 Å². The minimum absolute atomic E-state index is 0.233. The first-order valence-corrected chi connectivity index (χ1v) is 3.86. The van der Waals surface area contributed by atoms with Gasteiger partial charge in [-0.05, 0) is 31.0 Å². The minimum atomic E-state index is 0.233. The molecule has 12 heavy (non-hydrogen) atoms. The normalized spacial score (nSPS) is 9.58. The quantitative estimate of drug-likeness (QED) is 0.500. The molecule has 0 aliphatic heterocycles. The van der Waals surface area contributed by atoms with Gasteiger partial charge in [0.2, 0.25) is 5.90 Å². The van der Waals surface area contributed by atoms with Gasteiger partial charge in [0.1, 0.15) is 0 Å². The summed E-state index contributed by atoms with van der Waals surface area (Å²) in [4.78, 5) is 0. The SMILES string of the molecule is COC(=N)c1cccc(C)c1C. The molecule has 0 aliphatic carbocycles. The Labute approximate surface area is 72.7 Å². The van der Waals surface area contributed by atoms with E-state index in [9.17, 15) is 0 Å². The summed E-state index contributed by atoms with van der Waals surface area (Å²) in [5.74, 6) is 0.233. The van der Waals surface area contributed by atoms with E-state index in [4.69, 9.17) is 10.1 Å². The maximum Gasteiger partial charge on any atom is 0.213 e. The van der Waals surface area contributed by atoms with E-state index in [-0.39, 0.29) is 5.90 Å². The number of methoxy groups -OCH3 is 1. The van der Waals surface area contributed by atoms with Gasteiger partial charge in [-0.25, -0.2) is 0 Å². The van der Waals surface area contributed by atoms with E-state index in [1.807, 2.05) is 32.0 Å². The molecule has 0 saturated heterocycles. The molecule has 0 atom stereocenters. The molecule has 0 saturated carbocycles. The largest absolute Gasteiger partial charge is 0.481 e. The summed E-state index contributed by atoms with van der Waals surface area (Å²) in [7, 11) is 1.52. The van der Waals surface area contributed by atoms with E-state index >= 15 is 0 Å². The Morgan fingerprint density at radius 3 is 2.58 bits per heavy atom. The summed E-state index contributed by atoms with van der Waals surface area (Å²) in [6, 6.07) is 5.86. The molecule has 64 valence electrons. The van der Waals surface area contributed by atoms with E-state index in [1.54, 1.807) is 0 Å². The highest BCUT2D eigenvalue weighted by Crippen LogP contribution is 2.12. The molecule has 0 bridgehead atoms. The summed E-state index contributed by atoms with van der Waals surface area (Å²) in [5.41, 5.74) is 3.18. The van der Waals surface area contributed by atoms with Crippen molar-refractivity contribution in [1.29, 1.82) is 5.41 Å². The van der Waals surface area contributed by atoms with Crippen LogP contribution < -0.4 is 0 Å². The second-order valence-electron chi connectivity index (χ2n) is 2.78. The zero-order valence-corrected chi connectivity index (χ0v) is 7.64. The molecular weight excluding hydrogens is 150 g/mol. The number of ether oxygens (including phenoxy) is 1. The summed E-state index contributed by atoms with van der Waals surface area (Å²) < 4.78 is 4.86. The number of hydrogen-bond acceptors (Lipinski definition) is 2. The van der Waals surface area contributed by atoms with Crippen LogP contribution in [0.3, 0.4) is 0 Å². The van der Waals surface area contributed by atoms with Gasteiger partial charge < -0.3 is 4.74 Å². The van der Waals surface area contributed by atoms with E-state index in [2.05, 4.69) is 0 Å². The fourth-order valence-electron chi connectivity index (χ4n) is 1.11. The molecule has 1 aromatic rings. The first kappa shape index (κ1) is 8.78. The van der Waals surface area contributed by atoms with Gasteiger partial charge in [0.05, 0.1) is 7.11 Å². The minimum Gasteiger partial charge on any atom is -0.481 e. The Bertz CT molecular complexity index is 305. The predicted molar refractivity (Wildman–Crippen MR) is 49.8 cm³/mol. The lowest BCUT2D eigenvalue weighted by molar-refractivity contribution is 0.401. The summed E-state index contributed by atoms with van der Waals surface area (Å²) in [6.45, 7) is 4.03. The third-order valence-electron chi connectivity index (χ3n) is 2.05. The van der Waals surface area contributed by atoms with E-state index in [0.717, 1.165) is 11.1 Å². The number of rotatable bonds is 1. The standard InChI is InChI=1S/C10H13NO/c1-7-5-4-6-9(8(7)2)10(11)12-3/h4-6,11H,1-3H3. The second kappa shape index (κ2) is 3.39. The predicted octanol–water partition coefficient (Wildman–Crippen LogP) is 2.28. The Balaban J connectivity index is 3.16. The zero-order valence-electron chi connectivity index (χ0n) is 7.64. The van der Waals surface area contributed by atoms with Gasteiger partial charge in [-0.1, -0.05) is 12.1 Å². The summed E-state index contributed by atoms with van der Waals surface area (Å²) >= 11 is 0. The Hall–Kier alpha value is -1.31. The number of aryl methyl sites for hydroxylation is 1. The highest BCUT2D eigenvalue weighted by Gasteiger charge is 2.05. The summed E-state index contributed by atoms with van der Waals surface area (Å²) in [6.07, 6.45) is 0. The smallest absolute Gasteiger partial charge is 0.213 e. The molecule has 1 aromatic carbocycles. The Morgan fingerprint density at radius 1 is 1.33 bits per heavy atom. The molecule has 0 radical (unpaired) electrons. The molecule has 0 heterocycles. The van der Waals surface area contributed by atoms with Crippen molar-refractivity contribution in [3.05, 3.63) is 34.9 Å². The molecule has 2 heteroatoms. The van der Waals surface area contributed by atoms with E-state index < -0.39 is 0 Å². The molecule has 0 amide bonds. The molecule has 1 N–H and O–H groups in total. The fraction of sp³-hybridized carbons (Fsp3) is 0.300. The highest BCUT2D eigenvalue weighted by atomic mass is 16.5. The zero-order chi connectivity index (χ0) is 9.14. The van der Waals surface area contributed by atoms with Crippen LogP contribution in [0.2, 0.25) is 0 Å². The number of nitrogens with one attached hydrogen (secondary N) is 1.